The maximum atomic E-state index is 9.10. The first kappa shape index (κ1) is 13.6. The fourth-order valence-corrected chi connectivity index (χ4v) is 2.28. The van der Waals surface area contributed by atoms with Crippen molar-refractivity contribution in [1.29, 1.82) is 0 Å². The van der Waals surface area contributed by atoms with Crippen molar-refractivity contribution in [2.75, 3.05) is 0 Å². The largest absolute Gasteiger partial charge is 0.488 e. The summed E-state index contributed by atoms with van der Waals surface area (Å²) < 4.78 is 2.07. The van der Waals surface area contributed by atoms with Gasteiger partial charge in [-0.05, 0) is 11.0 Å². The lowest BCUT2D eigenvalue weighted by Crippen LogP contribution is -2.29. The van der Waals surface area contributed by atoms with E-state index in [-0.39, 0.29) is 0 Å². The molecule has 21 heavy (non-hydrogen) atoms. The van der Waals surface area contributed by atoms with Crippen LogP contribution in [0.4, 0.5) is 0 Å². The van der Waals surface area contributed by atoms with Gasteiger partial charge in [-0.25, -0.2) is 4.98 Å². The van der Waals surface area contributed by atoms with Crippen molar-refractivity contribution < 1.29 is 10.0 Å². The van der Waals surface area contributed by atoms with Gasteiger partial charge in [-0.15, -0.1) is 0 Å². The molecule has 0 radical (unpaired) electrons. The van der Waals surface area contributed by atoms with E-state index in [1.807, 2.05) is 48.7 Å². The highest BCUT2D eigenvalue weighted by molar-refractivity contribution is 6.58. The third-order valence-electron chi connectivity index (χ3n) is 3.38. The number of hydrogen-bond acceptors (Lipinski definition) is 3. The van der Waals surface area contributed by atoms with Crippen LogP contribution in [0.1, 0.15) is 5.56 Å². The summed E-state index contributed by atoms with van der Waals surface area (Å²) in [7, 11) is -1.42. The third-order valence-corrected chi connectivity index (χ3v) is 3.38. The van der Waals surface area contributed by atoms with E-state index >= 15 is 0 Å². The molecule has 0 saturated heterocycles. The Hall–Kier alpha value is -2.37. The molecule has 0 bridgehead atoms. The van der Waals surface area contributed by atoms with Crippen LogP contribution in [0.15, 0.2) is 67.0 Å². The summed E-state index contributed by atoms with van der Waals surface area (Å²) in [6.45, 7) is 0.687. The van der Waals surface area contributed by atoms with Crippen molar-refractivity contribution in [3.63, 3.8) is 0 Å². The van der Waals surface area contributed by atoms with Crippen molar-refractivity contribution >= 4 is 12.6 Å². The number of nitrogens with zero attached hydrogens (tertiary/aromatic N) is 2. The summed E-state index contributed by atoms with van der Waals surface area (Å²) in [5.41, 5.74) is 2.65. The number of imidazole rings is 1. The van der Waals surface area contributed by atoms with Gasteiger partial charge in [0.15, 0.2) is 0 Å². The van der Waals surface area contributed by atoms with Crippen LogP contribution in [0, 0.1) is 0 Å². The van der Waals surface area contributed by atoms with Gasteiger partial charge in [0.05, 0.1) is 0 Å². The van der Waals surface area contributed by atoms with Gasteiger partial charge in [0.1, 0.15) is 5.82 Å². The number of aromatic nitrogens is 2. The molecule has 0 amide bonds. The molecule has 3 aromatic rings. The standard InChI is InChI=1S/C16H15BN2O2/c20-17(21)15-8-6-13(7-9-15)12-19-11-10-18-16(19)14-4-2-1-3-5-14/h1-11,20-21H,12H2. The van der Waals surface area contributed by atoms with Crippen molar-refractivity contribution in [2.24, 2.45) is 0 Å². The fourth-order valence-electron chi connectivity index (χ4n) is 2.28. The molecule has 3 rings (SSSR count). The van der Waals surface area contributed by atoms with Gasteiger partial charge in [-0.3, -0.25) is 0 Å². The number of rotatable bonds is 4. The molecule has 0 unspecified atom stereocenters. The van der Waals surface area contributed by atoms with Gasteiger partial charge in [-0.1, -0.05) is 54.6 Å². The van der Waals surface area contributed by atoms with Gasteiger partial charge in [0, 0.05) is 24.5 Å². The highest BCUT2D eigenvalue weighted by Gasteiger charge is 2.10. The van der Waals surface area contributed by atoms with Crippen molar-refractivity contribution in [2.45, 2.75) is 6.54 Å². The second kappa shape index (κ2) is 5.95. The lowest BCUT2D eigenvalue weighted by Gasteiger charge is -2.09. The molecule has 104 valence electrons. The molecule has 1 heterocycles. The van der Waals surface area contributed by atoms with Crippen LogP contribution in [-0.4, -0.2) is 26.7 Å². The normalized spacial score (nSPS) is 10.6. The van der Waals surface area contributed by atoms with Gasteiger partial charge in [0.25, 0.3) is 0 Å². The van der Waals surface area contributed by atoms with E-state index in [1.165, 1.54) is 0 Å². The van der Waals surface area contributed by atoms with E-state index < -0.39 is 7.12 Å². The van der Waals surface area contributed by atoms with Gasteiger partial charge in [0.2, 0.25) is 0 Å². The monoisotopic (exact) mass is 278 g/mol. The average Bonchev–Trinajstić information content (AvgIpc) is 2.97. The molecule has 0 aliphatic carbocycles. The van der Waals surface area contributed by atoms with Crippen molar-refractivity contribution in [3.05, 3.63) is 72.6 Å². The molecule has 4 nitrogen and oxygen atoms in total. The minimum atomic E-state index is -1.42. The van der Waals surface area contributed by atoms with Crippen LogP contribution < -0.4 is 5.46 Å². The zero-order chi connectivity index (χ0) is 14.7. The fraction of sp³-hybridized carbons (Fsp3) is 0.0625. The Kier molecular flexibility index (Phi) is 3.86. The zero-order valence-electron chi connectivity index (χ0n) is 11.4. The minimum Gasteiger partial charge on any atom is -0.423 e. The lowest BCUT2D eigenvalue weighted by molar-refractivity contribution is 0.426. The van der Waals surface area contributed by atoms with Gasteiger partial charge >= 0.3 is 7.12 Å². The summed E-state index contributed by atoms with van der Waals surface area (Å²) in [4.78, 5) is 4.41. The smallest absolute Gasteiger partial charge is 0.423 e. The highest BCUT2D eigenvalue weighted by atomic mass is 16.4. The summed E-state index contributed by atoms with van der Waals surface area (Å²) in [6, 6.07) is 17.3. The Balaban J connectivity index is 1.84. The molecule has 2 aromatic carbocycles. The summed E-state index contributed by atoms with van der Waals surface area (Å²) >= 11 is 0. The zero-order valence-corrected chi connectivity index (χ0v) is 11.4. The van der Waals surface area contributed by atoms with Crippen LogP contribution >= 0.6 is 0 Å². The van der Waals surface area contributed by atoms with E-state index in [2.05, 4.69) is 9.55 Å². The molecule has 0 aliphatic heterocycles. The van der Waals surface area contributed by atoms with E-state index in [1.54, 1.807) is 18.3 Å². The van der Waals surface area contributed by atoms with E-state index in [4.69, 9.17) is 10.0 Å². The van der Waals surface area contributed by atoms with Crippen LogP contribution in [-0.2, 0) is 6.54 Å². The predicted octanol–water partition coefficient (Wildman–Crippen LogP) is 1.28. The molecule has 0 saturated carbocycles. The number of hydrogen-bond donors (Lipinski definition) is 2. The van der Waals surface area contributed by atoms with Crippen molar-refractivity contribution in [1.82, 2.24) is 9.55 Å². The first-order chi connectivity index (χ1) is 10.2. The Labute approximate surface area is 123 Å². The molecule has 0 aliphatic rings. The Morgan fingerprint density at radius 3 is 2.33 bits per heavy atom. The van der Waals surface area contributed by atoms with Crippen LogP contribution in [0.5, 0.6) is 0 Å². The second-order valence-corrected chi connectivity index (χ2v) is 4.86. The maximum Gasteiger partial charge on any atom is 0.488 e. The summed E-state index contributed by atoms with van der Waals surface area (Å²) in [5, 5.41) is 18.2. The SMILES string of the molecule is OB(O)c1ccc(Cn2ccnc2-c2ccccc2)cc1. The molecule has 0 atom stereocenters. The quantitative estimate of drug-likeness (QED) is 0.707. The summed E-state index contributed by atoms with van der Waals surface area (Å²) in [6.07, 6.45) is 3.73. The molecule has 0 spiro atoms. The third kappa shape index (κ3) is 3.04. The van der Waals surface area contributed by atoms with E-state index in [0.717, 1.165) is 17.0 Å². The maximum absolute atomic E-state index is 9.10. The topological polar surface area (TPSA) is 58.3 Å². The van der Waals surface area contributed by atoms with E-state index in [9.17, 15) is 0 Å². The van der Waals surface area contributed by atoms with Crippen molar-refractivity contribution in [3.8, 4) is 11.4 Å². The first-order valence-electron chi connectivity index (χ1n) is 6.75. The van der Waals surface area contributed by atoms with Crippen LogP contribution in [0.25, 0.3) is 11.4 Å². The average molecular weight is 278 g/mol. The molecule has 1 aromatic heterocycles. The predicted molar refractivity (Wildman–Crippen MR) is 83.0 cm³/mol. The van der Waals surface area contributed by atoms with Gasteiger partial charge < -0.3 is 14.6 Å². The number of benzene rings is 2. The van der Waals surface area contributed by atoms with Crippen LogP contribution in [0.2, 0.25) is 0 Å². The molecular formula is C16H15BN2O2. The Morgan fingerprint density at radius 2 is 1.67 bits per heavy atom. The second-order valence-electron chi connectivity index (χ2n) is 4.86. The first-order valence-corrected chi connectivity index (χ1v) is 6.75. The lowest BCUT2D eigenvalue weighted by atomic mass is 9.80. The Bertz CT molecular complexity index is 709. The molecule has 2 N–H and O–H groups in total. The molecule has 0 fully saturated rings. The minimum absolute atomic E-state index is 0.493. The van der Waals surface area contributed by atoms with Gasteiger partial charge in [-0.2, -0.15) is 0 Å². The molecule has 5 heteroatoms. The molecular weight excluding hydrogens is 263 g/mol. The summed E-state index contributed by atoms with van der Waals surface area (Å²) in [5.74, 6) is 0.918. The van der Waals surface area contributed by atoms with Crippen LogP contribution in [0.3, 0.4) is 0 Å². The Morgan fingerprint density at radius 1 is 0.952 bits per heavy atom. The highest BCUT2D eigenvalue weighted by Crippen LogP contribution is 2.17. The van der Waals surface area contributed by atoms with E-state index in [0.29, 0.717) is 12.0 Å².